The Hall–Kier alpha value is -10.2. The minimum atomic E-state index is -0.246. The van der Waals surface area contributed by atoms with Gasteiger partial charge >= 0.3 is 0 Å². The van der Waals surface area contributed by atoms with Gasteiger partial charge in [0, 0.05) is 100 Å². The molecule has 698 valence electrons. The van der Waals surface area contributed by atoms with Crippen LogP contribution in [-0.4, -0.2) is 175 Å². The number of nitrogens with one attached hydrogen (secondary N) is 6. The Morgan fingerprint density at radius 2 is 1.02 bits per heavy atom. The number of nitrogens with zero attached hydrogens (tertiary/aromatic N) is 10. The molecule has 9 heterocycles. The molecular weight excluding hydrogens is 1650 g/mol. The van der Waals surface area contributed by atoms with Gasteiger partial charge in [0.25, 0.3) is 11.7 Å². The topological polar surface area (TPSA) is 261 Å². The number of anilines is 1. The normalized spacial score (nSPS) is 18.5. The monoisotopic (exact) mass is 1800 g/mol. The first-order chi connectivity index (χ1) is 61.9. The van der Waals surface area contributed by atoms with Gasteiger partial charge in [0.15, 0.2) is 23.2 Å². The van der Waals surface area contributed by atoms with Gasteiger partial charge in [-0.1, -0.05) is 148 Å². The number of halogens is 1. The molecule has 15 rings (SSSR count). The van der Waals surface area contributed by atoms with E-state index in [1.54, 1.807) is 12.3 Å². The average Bonchev–Trinajstić information content (AvgIpc) is 1.12. The maximum Gasteiger partial charge on any atom is 0.293 e. The Labute approximate surface area is 786 Å². The van der Waals surface area contributed by atoms with Crippen LogP contribution in [0, 0.1) is 59.8 Å². The second-order valence-electron chi connectivity index (χ2n) is 41.3. The molecule has 0 bridgehead atoms. The van der Waals surface area contributed by atoms with E-state index >= 15 is 0 Å². The SMILES string of the molecule is C#Cc1cnc(C(=O)Cc2ccc(C(C)(C)N3CCOCC3)nc2C2=CCC(C)(C)CC2)[nH]1.C#Cc1cnc(C(=O)Cc2ccc(C(C)(C)NCCC)nc2C2=CCC(C)(C)CC2)[nH]1.Cc1cnc(C(=O)Cc2ccc(CCN3CCOCC3)cc2C2=CCC(C)(C)CC2)[nH]1.Cl.[C-]#[N+]C1=CCC(C(=O)Nc2ccc(C(C)(C)NCCN3CCCC3)cc2C2=CCC(C)(C)CC2)=N1. The first kappa shape index (κ1) is 101. The molecule has 3 saturated heterocycles. The van der Waals surface area contributed by atoms with Crippen molar-refractivity contribution in [2.75, 3.05) is 97.2 Å². The lowest BCUT2D eigenvalue weighted by Crippen LogP contribution is -2.48. The fraction of sp³-hybridized carbons (Fsp3) is 0.528. The van der Waals surface area contributed by atoms with E-state index in [1.807, 2.05) is 19.1 Å². The summed E-state index contributed by atoms with van der Waals surface area (Å²) in [4.78, 5) is 98.3. The lowest BCUT2D eigenvalue weighted by atomic mass is 9.76. The van der Waals surface area contributed by atoms with Crippen LogP contribution in [0.1, 0.15) is 317 Å². The highest BCUT2D eigenvalue weighted by atomic mass is 35.5. The van der Waals surface area contributed by atoms with Crippen LogP contribution in [-0.2, 0) is 56.6 Å². The Bertz CT molecular complexity index is 5520. The summed E-state index contributed by atoms with van der Waals surface area (Å²) in [7, 11) is 0. The molecule has 3 fully saturated rings. The molecule has 6 N–H and O–H groups in total. The molecule has 5 aromatic heterocycles. The Kier molecular flexibility index (Phi) is 34.9. The summed E-state index contributed by atoms with van der Waals surface area (Å²) in [6.07, 6.45) is 45.3. The fourth-order valence-corrected chi connectivity index (χ4v) is 18.1. The maximum atomic E-state index is 13.0. The first-order valence-electron chi connectivity index (χ1n) is 47.4. The van der Waals surface area contributed by atoms with Gasteiger partial charge in [0.05, 0.1) is 72.7 Å². The van der Waals surface area contributed by atoms with Gasteiger partial charge < -0.3 is 50.1 Å². The first-order valence-corrected chi connectivity index (χ1v) is 47.4. The van der Waals surface area contributed by atoms with E-state index in [0.717, 1.165) is 219 Å². The highest BCUT2D eigenvalue weighted by Gasteiger charge is 2.36. The molecule has 1 amide bonds. The predicted molar refractivity (Wildman–Crippen MR) is 531 cm³/mol. The van der Waals surface area contributed by atoms with Gasteiger partial charge in [-0.2, -0.15) is 0 Å². The van der Waals surface area contributed by atoms with E-state index in [9.17, 15) is 19.2 Å². The number of imidazole rings is 3. The molecule has 131 heavy (non-hydrogen) atoms. The second-order valence-corrected chi connectivity index (χ2v) is 41.3. The number of ether oxygens (including phenoxy) is 2. The van der Waals surface area contributed by atoms with Crippen LogP contribution in [0.25, 0.3) is 27.1 Å². The van der Waals surface area contributed by atoms with E-state index in [0.29, 0.717) is 74.9 Å². The third kappa shape index (κ3) is 28.0. The smallest absolute Gasteiger partial charge is 0.293 e. The summed E-state index contributed by atoms with van der Waals surface area (Å²) >= 11 is 0. The summed E-state index contributed by atoms with van der Waals surface area (Å²) in [6.45, 7) is 56.3. The molecule has 8 aliphatic rings. The summed E-state index contributed by atoms with van der Waals surface area (Å²) in [5.74, 6) is 5.96. The van der Waals surface area contributed by atoms with Crippen molar-refractivity contribution in [3.63, 3.8) is 0 Å². The number of terminal acetylenes is 2. The van der Waals surface area contributed by atoms with Crippen molar-refractivity contribution >= 4 is 69.4 Å². The predicted octanol–water partition coefficient (Wildman–Crippen LogP) is 20.2. The largest absolute Gasteiger partial charge is 0.379 e. The van der Waals surface area contributed by atoms with Crippen LogP contribution in [0.2, 0.25) is 0 Å². The molecule has 4 aliphatic heterocycles. The number of aliphatic imine (C=N–C) groups is 1. The van der Waals surface area contributed by atoms with E-state index in [2.05, 4.69) is 259 Å². The molecule has 0 radical (unpaired) electrons. The quantitative estimate of drug-likeness (QED) is 0.0145. The van der Waals surface area contributed by atoms with E-state index < -0.39 is 0 Å². The number of Topliss-reactive ketones (excluding diaryl/α,β-unsaturated/α-hetero) is 3. The summed E-state index contributed by atoms with van der Waals surface area (Å²) in [5, 5.41) is 10.4. The number of carbonyl (C=O) groups is 4. The highest BCUT2D eigenvalue weighted by molar-refractivity contribution is 6.44. The van der Waals surface area contributed by atoms with Gasteiger partial charge in [0.2, 0.25) is 17.3 Å². The molecule has 0 spiro atoms. The average molecular weight is 1800 g/mol. The lowest BCUT2D eigenvalue weighted by Gasteiger charge is -2.40. The number of carbonyl (C=O) groups excluding carboxylic acids is 4. The van der Waals surface area contributed by atoms with E-state index in [1.165, 1.54) is 83.7 Å². The zero-order chi connectivity index (χ0) is 93.2. The molecule has 22 nitrogen and oxygen atoms in total. The molecule has 7 aromatic rings. The van der Waals surface area contributed by atoms with Crippen LogP contribution in [0.4, 0.5) is 5.69 Å². The number of benzene rings is 2. The van der Waals surface area contributed by atoms with Crippen molar-refractivity contribution in [3.05, 3.63) is 223 Å². The van der Waals surface area contributed by atoms with Gasteiger partial charge in [-0.15, -0.1) is 30.2 Å². The van der Waals surface area contributed by atoms with Crippen molar-refractivity contribution in [3.8, 4) is 24.7 Å². The van der Waals surface area contributed by atoms with Crippen molar-refractivity contribution in [2.24, 2.45) is 26.7 Å². The van der Waals surface area contributed by atoms with Gasteiger partial charge in [0.1, 0.15) is 11.4 Å². The van der Waals surface area contributed by atoms with Crippen molar-refractivity contribution in [1.82, 2.24) is 65.2 Å². The third-order valence-electron chi connectivity index (χ3n) is 27.3. The Morgan fingerprint density at radius 1 is 0.542 bits per heavy atom. The zero-order valence-electron chi connectivity index (χ0n) is 80.9. The van der Waals surface area contributed by atoms with Crippen LogP contribution >= 0.6 is 12.4 Å². The molecule has 23 heteroatoms. The number of pyridine rings is 2. The molecule has 0 saturated carbocycles. The molecule has 0 atom stereocenters. The number of aromatic amines is 3. The van der Waals surface area contributed by atoms with Crippen LogP contribution < -0.4 is 16.0 Å². The molecular formula is C108H143ClN16O6. The number of aromatic nitrogens is 8. The second kappa shape index (κ2) is 45.0. The summed E-state index contributed by atoms with van der Waals surface area (Å²) in [5.41, 5.74) is 20.7. The number of aryl methyl sites for hydroxylation is 1. The maximum absolute atomic E-state index is 13.0. The summed E-state index contributed by atoms with van der Waals surface area (Å²) in [6, 6.07) is 21.3. The number of hydrogen-bond donors (Lipinski definition) is 6. The minimum absolute atomic E-state index is 0. The number of morpholine rings is 2. The molecule has 2 aromatic carbocycles. The lowest BCUT2D eigenvalue weighted by molar-refractivity contribution is -0.110. The standard InChI is InChI=1S/C29H39N5O.C27H34N4O2.C26H34N4O.C26H35N3O2.ClH/c1-28(2)14-12-21(13-15-28)23-20-22(29(3,4)31-16-19-34-17-6-7-18-34)8-9-24(23)33-27(35)25-10-11-26(30-5)32-25;1-6-21-18-28-25(29-21)22(32)17-20-7-8-23(27(4,5)31-13-15-33-16-14-31)30-24(20)19-9-11-26(2,3)12-10-19;1-7-15-28-26(5,6)22-10-9-19(16-21(31)24-27-17-20(8-2)29-24)23(30-22)18-11-13-25(3,4)14-12-18;1-19-18-27-25(28-19)24(30)17-22-5-4-20(8-11-29-12-14-31-15-13-29)16-23(22)21-6-9-26(2,3)10-7-21;/h8-9,11-12,20,31H,6-7,10,13-19H2,1-4H3,(H,33,35);1,7-9,18H,10-17H2,2-5H3,(H,28,29);2,9-11,17,28H,7,12-16H2,1,3-6H3,(H,27,29);4-6,16,18H,7-15,17H2,1-3H3,(H,27,28);1H. The van der Waals surface area contributed by atoms with Crippen molar-refractivity contribution in [1.29, 1.82) is 0 Å². The number of ketones is 3. The van der Waals surface area contributed by atoms with Crippen molar-refractivity contribution < 1.29 is 28.7 Å². The van der Waals surface area contributed by atoms with Gasteiger partial charge in [-0.25, -0.2) is 15.0 Å². The van der Waals surface area contributed by atoms with E-state index in [-0.39, 0.29) is 65.1 Å². The Morgan fingerprint density at radius 3 is 1.50 bits per heavy atom. The number of allylic oxidation sites excluding steroid dienone is 9. The van der Waals surface area contributed by atoms with Crippen LogP contribution in [0.15, 0.2) is 120 Å². The molecule has 4 aliphatic carbocycles. The van der Waals surface area contributed by atoms with Crippen molar-refractivity contribution in [2.45, 2.75) is 256 Å². The van der Waals surface area contributed by atoms with Crippen LogP contribution in [0.5, 0.6) is 0 Å². The van der Waals surface area contributed by atoms with E-state index in [4.69, 9.17) is 38.9 Å². The Balaban J connectivity index is 0.000000168. The third-order valence-corrected chi connectivity index (χ3v) is 27.3. The number of H-pyrrole nitrogens is 3. The zero-order valence-corrected chi connectivity index (χ0v) is 81.7. The van der Waals surface area contributed by atoms with Gasteiger partial charge in [-0.3, -0.25) is 38.9 Å². The number of hydrogen-bond acceptors (Lipinski definition) is 17. The highest BCUT2D eigenvalue weighted by Crippen LogP contribution is 2.45. The van der Waals surface area contributed by atoms with Gasteiger partial charge in [-0.05, 0) is 272 Å². The number of likely N-dealkylation sites (tertiary alicyclic amines) is 1. The molecule has 0 unspecified atom stereocenters. The van der Waals surface area contributed by atoms with Crippen LogP contribution in [0.3, 0.4) is 0 Å². The fourth-order valence-electron chi connectivity index (χ4n) is 18.1. The minimum Gasteiger partial charge on any atom is -0.379 e. The number of rotatable bonds is 29. The summed E-state index contributed by atoms with van der Waals surface area (Å²) < 4.78 is 11.0. The number of amides is 1.